The number of hydrogen-bond acceptors (Lipinski definition) is 5. The number of aromatic nitrogens is 3. The summed E-state index contributed by atoms with van der Waals surface area (Å²) in [7, 11) is 0. The van der Waals surface area contributed by atoms with Crippen LogP contribution in [-0.4, -0.2) is 26.7 Å². The number of anilines is 2. The summed E-state index contributed by atoms with van der Waals surface area (Å²) in [5, 5.41) is 9.87. The van der Waals surface area contributed by atoms with Crippen LogP contribution in [0.4, 0.5) is 11.6 Å². The van der Waals surface area contributed by atoms with Gasteiger partial charge in [0, 0.05) is 17.5 Å². The number of aliphatic hydroxyl groups is 1. The van der Waals surface area contributed by atoms with Crippen LogP contribution in [-0.2, 0) is 5.41 Å². The van der Waals surface area contributed by atoms with Gasteiger partial charge in [0.15, 0.2) is 5.15 Å². The van der Waals surface area contributed by atoms with E-state index >= 15 is 0 Å². The van der Waals surface area contributed by atoms with Gasteiger partial charge in [-0.2, -0.15) is 4.98 Å². The number of halogens is 1. The van der Waals surface area contributed by atoms with E-state index in [1.807, 2.05) is 12.1 Å². The lowest BCUT2D eigenvalue weighted by molar-refractivity contribution is 0.220. The minimum absolute atomic E-state index is 0.0472. The average molecular weight is 306 g/mol. The molecule has 0 fully saturated rings. The fourth-order valence-corrected chi connectivity index (χ4v) is 2.85. The van der Waals surface area contributed by atoms with E-state index in [2.05, 4.69) is 21.0 Å². The molecule has 2 aromatic heterocycles. The van der Waals surface area contributed by atoms with E-state index in [1.165, 1.54) is 0 Å². The lowest BCUT2D eigenvalue weighted by Crippen LogP contribution is -2.25. The van der Waals surface area contributed by atoms with E-state index in [0.717, 1.165) is 24.1 Å². The first-order chi connectivity index (χ1) is 10.1. The molecule has 1 aliphatic rings. The van der Waals surface area contributed by atoms with E-state index in [4.69, 9.17) is 23.1 Å². The highest BCUT2D eigenvalue weighted by molar-refractivity contribution is 6.32. The Labute approximate surface area is 126 Å². The molecule has 1 aliphatic carbocycles. The maximum atomic E-state index is 9.73. The van der Waals surface area contributed by atoms with Gasteiger partial charge in [0.25, 0.3) is 0 Å². The van der Waals surface area contributed by atoms with Crippen molar-refractivity contribution in [3.8, 4) is 11.3 Å². The molecule has 1 unspecified atom stereocenters. The van der Waals surface area contributed by atoms with Gasteiger partial charge < -0.3 is 21.6 Å². The first kappa shape index (κ1) is 13.9. The number of aromatic amines is 1. The van der Waals surface area contributed by atoms with Crippen molar-refractivity contribution >= 4 is 23.2 Å². The van der Waals surface area contributed by atoms with Crippen LogP contribution < -0.4 is 11.5 Å². The third-order valence-corrected chi connectivity index (χ3v) is 4.17. The van der Waals surface area contributed by atoms with Gasteiger partial charge in [-0.3, -0.25) is 0 Å². The van der Waals surface area contributed by atoms with E-state index in [9.17, 15) is 5.11 Å². The molecule has 0 saturated carbocycles. The Kier molecular flexibility index (Phi) is 3.35. The molecule has 0 spiro atoms. The number of nitrogens with zero attached hydrogens (tertiary/aromatic N) is 2. The molecule has 7 heteroatoms. The number of hydrogen-bond donors (Lipinski definition) is 4. The summed E-state index contributed by atoms with van der Waals surface area (Å²) in [5.74, 6) is 0.0737. The molecule has 0 bridgehead atoms. The molecule has 0 aliphatic heterocycles. The molecule has 21 heavy (non-hydrogen) atoms. The Bertz CT molecular complexity index is 711. The van der Waals surface area contributed by atoms with E-state index in [0.29, 0.717) is 5.69 Å². The van der Waals surface area contributed by atoms with Crippen molar-refractivity contribution in [2.24, 2.45) is 0 Å². The summed E-state index contributed by atoms with van der Waals surface area (Å²) in [5.41, 5.74) is 13.6. The van der Waals surface area contributed by atoms with Crippen LogP contribution in [0.25, 0.3) is 11.3 Å². The van der Waals surface area contributed by atoms with Crippen molar-refractivity contribution in [2.45, 2.75) is 18.3 Å². The van der Waals surface area contributed by atoms with Crippen LogP contribution in [0.2, 0.25) is 5.15 Å². The summed E-state index contributed by atoms with van der Waals surface area (Å²) >= 11 is 5.94. The highest BCUT2D eigenvalue weighted by atomic mass is 35.5. The summed E-state index contributed by atoms with van der Waals surface area (Å²) in [6, 6.07) is 1.92. The fourth-order valence-electron chi connectivity index (χ4n) is 2.67. The number of allylic oxidation sites excluding steroid dienone is 1. The first-order valence-corrected chi connectivity index (χ1v) is 7.00. The van der Waals surface area contributed by atoms with Crippen molar-refractivity contribution in [1.29, 1.82) is 0 Å². The van der Waals surface area contributed by atoms with Gasteiger partial charge >= 0.3 is 0 Å². The Morgan fingerprint density at radius 3 is 2.86 bits per heavy atom. The third kappa shape index (κ3) is 2.26. The average Bonchev–Trinajstić information content (AvgIpc) is 3.11. The SMILES string of the molecule is Nc1nc(Cl)c(N)c(-c2c[nH]c(C3(CO)C=CCC3)c2)n1. The van der Waals surface area contributed by atoms with Gasteiger partial charge in [-0.1, -0.05) is 23.8 Å². The standard InChI is InChI=1S/C14H16ClN5O/c15-12-10(16)11(19-13(17)20-12)8-5-9(18-6-8)14(7-21)3-1-2-4-14/h1,3,5-6,18,21H,2,4,7,16H2,(H2,17,19,20). The molecular weight excluding hydrogens is 290 g/mol. The molecule has 0 radical (unpaired) electrons. The zero-order chi connectivity index (χ0) is 15.0. The predicted octanol–water partition coefficient (Wildman–Crippen LogP) is 1.87. The minimum Gasteiger partial charge on any atom is -0.395 e. The Morgan fingerprint density at radius 1 is 1.38 bits per heavy atom. The summed E-state index contributed by atoms with van der Waals surface area (Å²) in [6.07, 6.45) is 7.71. The summed E-state index contributed by atoms with van der Waals surface area (Å²) in [6.45, 7) is 0.0472. The second kappa shape index (κ2) is 5.05. The molecule has 6 N–H and O–H groups in total. The smallest absolute Gasteiger partial charge is 0.222 e. The maximum Gasteiger partial charge on any atom is 0.222 e. The molecule has 110 valence electrons. The van der Waals surface area contributed by atoms with Crippen LogP contribution in [0, 0.1) is 0 Å². The van der Waals surface area contributed by atoms with Gasteiger partial charge in [-0.25, -0.2) is 4.98 Å². The first-order valence-electron chi connectivity index (χ1n) is 6.62. The second-order valence-corrected chi connectivity index (χ2v) is 5.55. The molecular formula is C14H16ClN5O. The van der Waals surface area contributed by atoms with E-state index in [1.54, 1.807) is 6.20 Å². The molecule has 2 aromatic rings. The van der Waals surface area contributed by atoms with Crippen LogP contribution in [0.3, 0.4) is 0 Å². The lowest BCUT2D eigenvalue weighted by atomic mass is 9.85. The molecule has 2 heterocycles. The van der Waals surface area contributed by atoms with Gasteiger partial charge in [0.2, 0.25) is 5.95 Å². The number of nitrogens with two attached hydrogens (primary N) is 2. The van der Waals surface area contributed by atoms with Gasteiger partial charge in [0.05, 0.1) is 17.7 Å². The number of nitrogen functional groups attached to an aromatic ring is 2. The second-order valence-electron chi connectivity index (χ2n) is 5.19. The number of H-pyrrole nitrogens is 1. The normalized spacial score (nSPS) is 21.0. The monoisotopic (exact) mass is 305 g/mol. The number of rotatable bonds is 3. The fraction of sp³-hybridized carbons (Fsp3) is 0.286. The van der Waals surface area contributed by atoms with E-state index < -0.39 is 0 Å². The molecule has 1 atom stereocenters. The Morgan fingerprint density at radius 2 is 2.19 bits per heavy atom. The maximum absolute atomic E-state index is 9.73. The highest BCUT2D eigenvalue weighted by Crippen LogP contribution is 2.37. The molecule has 0 amide bonds. The Hall–Kier alpha value is -2.05. The van der Waals surface area contributed by atoms with Crippen LogP contribution in [0.15, 0.2) is 24.4 Å². The largest absolute Gasteiger partial charge is 0.395 e. The molecule has 3 rings (SSSR count). The van der Waals surface area contributed by atoms with Crippen LogP contribution >= 0.6 is 11.6 Å². The van der Waals surface area contributed by atoms with Crippen LogP contribution in [0.1, 0.15) is 18.5 Å². The van der Waals surface area contributed by atoms with Crippen molar-refractivity contribution in [3.63, 3.8) is 0 Å². The van der Waals surface area contributed by atoms with E-state index in [-0.39, 0.29) is 28.8 Å². The third-order valence-electron chi connectivity index (χ3n) is 3.89. The van der Waals surface area contributed by atoms with Crippen molar-refractivity contribution in [3.05, 3.63) is 35.3 Å². The summed E-state index contributed by atoms with van der Waals surface area (Å²) < 4.78 is 0. The van der Waals surface area contributed by atoms with Crippen LogP contribution in [0.5, 0.6) is 0 Å². The Balaban J connectivity index is 2.05. The quantitative estimate of drug-likeness (QED) is 0.510. The van der Waals surface area contributed by atoms with Crippen molar-refractivity contribution in [1.82, 2.24) is 15.0 Å². The molecule has 6 nitrogen and oxygen atoms in total. The topological polar surface area (TPSA) is 114 Å². The minimum atomic E-state index is -0.366. The predicted molar refractivity (Wildman–Crippen MR) is 82.8 cm³/mol. The summed E-state index contributed by atoms with van der Waals surface area (Å²) in [4.78, 5) is 11.2. The number of nitrogens with one attached hydrogen (secondary N) is 1. The van der Waals surface area contributed by atoms with Crippen molar-refractivity contribution < 1.29 is 5.11 Å². The number of aliphatic hydroxyl groups excluding tert-OH is 1. The lowest BCUT2D eigenvalue weighted by Gasteiger charge is -2.23. The van der Waals surface area contributed by atoms with Crippen molar-refractivity contribution in [2.75, 3.05) is 18.1 Å². The zero-order valence-electron chi connectivity index (χ0n) is 11.3. The molecule has 0 saturated heterocycles. The van der Waals surface area contributed by atoms with Gasteiger partial charge in [0.1, 0.15) is 5.69 Å². The van der Waals surface area contributed by atoms with Gasteiger partial charge in [-0.15, -0.1) is 0 Å². The molecule has 0 aromatic carbocycles. The van der Waals surface area contributed by atoms with Gasteiger partial charge in [-0.05, 0) is 18.9 Å². The zero-order valence-corrected chi connectivity index (χ0v) is 12.1. The highest BCUT2D eigenvalue weighted by Gasteiger charge is 2.32.